The SMILES string of the molecule is Nc1cc(N2CCCC2C2CCCC2)cc([N+](=O)[O-])c1. The Morgan fingerprint density at radius 2 is 1.90 bits per heavy atom. The van der Waals surface area contributed by atoms with Crippen LogP contribution in [-0.4, -0.2) is 17.5 Å². The molecule has 0 aromatic heterocycles. The van der Waals surface area contributed by atoms with Gasteiger partial charge < -0.3 is 10.6 Å². The Bertz CT molecular complexity index is 512. The highest BCUT2D eigenvalue weighted by Gasteiger charge is 2.33. The highest BCUT2D eigenvalue weighted by Crippen LogP contribution is 2.39. The van der Waals surface area contributed by atoms with E-state index in [0.29, 0.717) is 11.7 Å². The molecule has 2 fully saturated rings. The Kier molecular flexibility index (Phi) is 3.51. The molecule has 5 heteroatoms. The second kappa shape index (κ2) is 5.31. The topological polar surface area (TPSA) is 72.4 Å². The van der Waals surface area contributed by atoms with Gasteiger partial charge in [0, 0.05) is 36.1 Å². The molecule has 1 aliphatic heterocycles. The third kappa shape index (κ3) is 2.44. The summed E-state index contributed by atoms with van der Waals surface area (Å²) >= 11 is 0. The normalized spacial score (nSPS) is 23.4. The van der Waals surface area contributed by atoms with Crippen LogP contribution >= 0.6 is 0 Å². The van der Waals surface area contributed by atoms with Crippen molar-refractivity contribution in [1.29, 1.82) is 0 Å². The van der Waals surface area contributed by atoms with Gasteiger partial charge in [0.1, 0.15) is 0 Å². The van der Waals surface area contributed by atoms with Crippen molar-refractivity contribution < 1.29 is 4.92 Å². The molecule has 20 heavy (non-hydrogen) atoms. The lowest BCUT2D eigenvalue weighted by molar-refractivity contribution is -0.384. The molecule has 1 saturated heterocycles. The van der Waals surface area contributed by atoms with Crippen LogP contribution in [0.4, 0.5) is 17.1 Å². The minimum Gasteiger partial charge on any atom is -0.398 e. The molecule has 1 atom stereocenters. The van der Waals surface area contributed by atoms with Crippen molar-refractivity contribution in [3.05, 3.63) is 28.3 Å². The smallest absolute Gasteiger partial charge is 0.273 e. The van der Waals surface area contributed by atoms with Gasteiger partial charge in [0.25, 0.3) is 5.69 Å². The van der Waals surface area contributed by atoms with Crippen LogP contribution in [0.5, 0.6) is 0 Å². The fraction of sp³-hybridized carbons (Fsp3) is 0.600. The molecule has 1 aromatic rings. The second-order valence-electron chi connectivity index (χ2n) is 5.99. The zero-order valence-corrected chi connectivity index (χ0v) is 11.6. The maximum Gasteiger partial charge on any atom is 0.273 e. The van der Waals surface area contributed by atoms with Crippen LogP contribution in [0, 0.1) is 16.0 Å². The summed E-state index contributed by atoms with van der Waals surface area (Å²) < 4.78 is 0. The summed E-state index contributed by atoms with van der Waals surface area (Å²) in [5, 5.41) is 11.0. The third-order valence-corrected chi connectivity index (χ3v) is 4.71. The first kappa shape index (κ1) is 13.2. The van der Waals surface area contributed by atoms with Gasteiger partial charge in [-0.15, -0.1) is 0 Å². The Balaban J connectivity index is 1.88. The van der Waals surface area contributed by atoms with E-state index in [1.165, 1.54) is 44.6 Å². The molecule has 1 aliphatic carbocycles. The van der Waals surface area contributed by atoms with E-state index < -0.39 is 0 Å². The average Bonchev–Trinajstić information content (AvgIpc) is 3.08. The summed E-state index contributed by atoms with van der Waals surface area (Å²) in [6.45, 7) is 0.988. The molecule has 1 heterocycles. The van der Waals surface area contributed by atoms with E-state index in [9.17, 15) is 10.1 Å². The molecule has 0 radical (unpaired) electrons. The summed E-state index contributed by atoms with van der Waals surface area (Å²) in [5.41, 5.74) is 7.33. The van der Waals surface area contributed by atoms with Crippen LogP contribution < -0.4 is 10.6 Å². The van der Waals surface area contributed by atoms with Crippen LogP contribution in [0.25, 0.3) is 0 Å². The fourth-order valence-electron chi connectivity index (χ4n) is 3.83. The molecule has 3 rings (SSSR count). The number of nitrogen functional groups attached to an aromatic ring is 1. The van der Waals surface area contributed by atoms with Gasteiger partial charge in [0.05, 0.1) is 4.92 Å². The van der Waals surface area contributed by atoms with Gasteiger partial charge in [-0.2, -0.15) is 0 Å². The molecule has 1 unspecified atom stereocenters. The number of rotatable bonds is 3. The van der Waals surface area contributed by atoms with Crippen LogP contribution in [0.2, 0.25) is 0 Å². The van der Waals surface area contributed by atoms with E-state index in [0.717, 1.165) is 18.2 Å². The lowest BCUT2D eigenvalue weighted by Crippen LogP contribution is -2.34. The van der Waals surface area contributed by atoms with E-state index in [1.807, 2.05) is 6.07 Å². The monoisotopic (exact) mass is 275 g/mol. The number of nitrogens with two attached hydrogens (primary N) is 1. The highest BCUT2D eigenvalue weighted by atomic mass is 16.6. The first-order valence-electron chi connectivity index (χ1n) is 7.47. The minimum atomic E-state index is -0.361. The summed E-state index contributed by atoms with van der Waals surface area (Å²) in [6, 6.07) is 5.52. The Morgan fingerprint density at radius 1 is 1.15 bits per heavy atom. The Morgan fingerprint density at radius 3 is 2.60 bits per heavy atom. The molecule has 2 N–H and O–H groups in total. The summed E-state index contributed by atoms with van der Waals surface area (Å²) in [6.07, 6.45) is 7.62. The van der Waals surface area contributed by atoms with E-state index in [4.69, 9.17) is 5.73 Å². The number of non-ortho nitro benzene ring substituents is 1. The molecule has 1 saturated carbocycles. The second-order valence-corrected chi connectivity index (χ2v) is 5.99. The Labute approximate surface area is 118 Å². The van der Waals surface area contributed by atoms with Crippen molar-refractivity contribution in [2.75, 3.05) is 17.2 Å². The summed E-state index contributed by atoms with van der Waals surface area (Å²) in [7, 11) is 0. The first-order valence-corrected chi connectivity index (χ1v) is 7.47. The average molecular weight is 275 g/mol. The molecule has 2 aliphatic rings. The largest absolute Gasteiger partial charge is 0.398 e. The zero-order chi connectivity index (χ0) is 14.1. The van der Waals surface area contributed by atoms with Gasteiger partial charge in [0.15, 0.2) is 0 Å². The van der Waals surface area contributed by atoms with Crippen molar-refractivity contribution in [3.63, 3.8) is 0 Å². The molecule has 1 aromatic carbocycles. The predicted molar refractivity (Wildman–Crippen MR) is 79.8 cm³/mol. The Hall–Kier alpha value is -1.78. The van der Waals surface area contributed by atoms with Gasteiger partial charge >= 0.3 is 0 Å². The third-order valence-electron chi connectivity index (χ3n) is 4.71. The van der Waals surface area contributed by atoms with Gasteiger partial charge in [-0.1, -0.05) is 12.8 Å². The number of anilines is 2. The van der Waals surface area contributed by atoms with Crippen molar-refractivity contribution in [1.82, 2.24) is 0 Å². The lowest BCUT2D eigenvalue weighted by Gasteiger charge is -2.31. The van der Waals surface area contributed by atoms with Gasteiger partial charge in [-0.3, -0.25) is 10.1 Å². The molecule has 108 valence electrons. The molecular weight excluding hydrogens is 254 g/mol. The van der Waals surface area contributed by atoms with Crippen LogP contribution in [-0.2, 0) is 0 Å². The van der Waals surface area contributed by atoms with Crippen molar-refractivity contribution in [3.8, 4) is 0 Å². The number of nitro benzene ring substituents is 1. The van der Waals surface area contributed by atoms with Gasteiger partial charge in [-0.25, -0.2) is 0 Å². The van der Waals surface area contributed by atoms with Crippen molar-refractivity contribution in [2.45, 2.75) is 44.6 Å². The summed E-state index contributed by atoms with van der Waals surface area (Å²) in [4.78, 5) is 13.0. The number of hydrogen-bond acceptors (Lipinski definition) is 4. The van der Waals surface area contributed by atoms with E-state index >= 15 is 0 Å². The van der Waals surface area contributed by atoms with E-state index in [1.54, 1.807) is 6.07 Å². The van der Waals surface area contributed by atoms with Crippen LogP contribution in [0.1, 0.15) is 38.5 Å². The van der Waals surface area contributed by atoms with Gasteiger partial charge in [0.2, 0.25) is 0 Å². The first-order chi connectivity index (χ1) is 9.65. The van der Waals surface area contributed by atoms with E-state index in [2.05, 4.69) is 4.90 Å². The van der Waals surface area contributed by atoms with Crippen molar-refractivity contribution in [2.24, 2.45) is 5.92 Å². The predicted octanol–water partition coefficient (Wildman–Crippen LogP) is 3.34. The number of nitrogens with zero attached hydrogens (tertiary/aromatic N) is 2. The van der Waals surface area contributed by atoms with Crippen LogP contribution in [0.3, 0.4) is 0 Å². The number of benzene rings is 1. The number of nitro groups is 1. The number of hydrogen-bond donors (Lipinski definition) is 1. The molecule has 0 spiro atoms. The lowest BCUT2D eigenvalue weighted by atomic mass is 9.95. The van der Waals surface area contributed by atoms with E-state index in [-0.39, 0.29) is 10.6 Å². The maximum atomic E-state index is 11.0. The van der Waals surface area contributed by atoms with Crippen molar-refractivity contribution >= 4 is 17.1 Å². The van der Waals surface area contributed by atoms with Gasteiger partial charge in [-0.05, 0) is 37.7 Å². The molecule has 0 bridgehead atoms. The molecular formula is C15H21N3O2. The highest BCUT2D eigenvalue weighted by molar-refractivity contribution is 5.63. The minimum absolute atomic E-state index is 0.0945. The molecule has 5 nitrogen and oxygen atoms in total. The zero-order valence-electron chi connectivity index (χ0n) is 11.6. The summed E-state index contributed by atoms with van der Waals surface area (Å²) in [5.74, 6) is 0.748. The molecule has 0 amide bonds. The fourth-order valence-corrected chi connectivity index (χ4v) is 3.83. The van der Waals surface area contributed by atoms with Crippen LogP contribution in [0.15, 0.2) is 18.2 Å². The maximum absolute atomic E-state index is 11.0. The standard InChI is InChI=1S/C15H21N3O2/c16-12-8-13(10-14(9-12)18(19)20)17-7-3-6-15(17)11-4-1-2-5-11/h8-11,15H,1-7,16H2. The quantitative estimate of drug-likeness (QED) is 0.521.